The summed E-state index contributed by atoms with van der Waals surface area (Å²) < 4.78 is 13.5. The minimum atomic E-state index is -0.309. The lowest BCUT2D eigenvalue weighted by molar-refractivity contribution is 0.0982. The second kappa shape index (κ2) is 5.39. The van der Waals surface area contributed by atoms with Crippen LogP contribution in [0.4, 0.5) is 4.39 Å². The van der Waals surface area contributed by atoms with Gasteiger partial charge in [0, 0.05) is 15.6 Å². The van der Waals surface area contributed by atoms with Crippen LogP contribution in [0, 0.1) is 9.39 Å². The molecular weight excluding hydrogens is 306 g/mol. The first-order valence-corrected chi connectivity index (χ1v) is 5.71. The van der Waals surface area contributed by atoms with Crippen LogP contribution in [-0.4, -0.2) is 5.78 Å². The zero-order valence-electron chi connectivity index (χ0n) is 8.52. The second-order valence-corrected chi connectivity index (χ2v) is 4.67. The molecule has 0 atom stereocenters. The van der Waals surface area contributed by atoms with Gasteiger partial charge in [-0.05, 0) is 54.1 Å². The van der Waals surface area contributed by atoms with Crippen LogP contribution in [-0.2, 0) is 0 Å². The van der Waals surface area contributed by atoms with Gasteiger partial charge in [0.2, 0.25) is 0 Å². The lowest BCUT2D eigenvalue weighted by Crippen LogP contribution is -2.02. The van der Waals surface area contributed by atoms with E-state index in [1.165, 1.54) is 18.2 Å². The van der Waals surface area contributed by atoms with E-state index in [0.29, 0.717) is 22.0 Å². The number of hydrogen-bond acceptors (Lipinski definition) is 1. The summed E-state index contributed by atoms with van der Waals surface area (Å²) in [6.45, 7) is 5.63. The third-order valence-corrected chi connectivity index (χ3v) is 2.90. The van der Waals surface area contributed by atoms with Gasteiger partial charge < -0.3 is 0 Å². The number of hydrogen-bond donors (Lipinski definition) is 0. The fraction of sp³-hybridized carbons (Fsp3) is 0.250. The van der Waals surface area contributed by atoms with E-state index >= 15 is 0 Å². The van der Waals surface area contributed by atoms with Gasteiger partial charge in [-0.2, -0.15) is 0 Å². The smallest absolute Gasteiger partial charge is 0.164 e. The lowest BCUT2D eigenvalue weighted by Gasteiger charge is -2.03. The van der Waals surface area contributed by atoms with Gasteiger partial charge >= 0.3 is 0 Å². The molecular formula is C12H12FIO. The largest absolute Gasteiger partial charge is 0.294 e. The quantitative estimate of drug-likeness (QED) is 0.466. The van der Waals surface area contributed by atoms with Crippen molar-refractivity contribution in [1.82, 2.24) is 0 Å². The molecule has 0 aromatic heterocycles. The molecule has 15 heavy (non-hydrogen) atoms. The Hall–Kier alpha value is -0.710. The fourth-order valence-electron chi connectivity index (χ4n) is 1.18. The van der Waals surface area contributed by atoms with Crippen molar-refractivity contribution >= 4 is 28.4 Å². The number of halogens is 2. The van der Waals surface area contributed by atoms with E-state index < -0.39 is 0 Å². The molecule has 0 amide bonds. The second-order valence-electron chi connectivity index (χ2n) is 3.50. The predicted molar refractivity (Wildman–Crippen MR) is 67.5 cm³/mol. The van der Waals surface area contributed by atoms with E-state index in [9.17, 15) is 9.18 Å². The number of carbonyl (C=O) groups is 1. The van der Waals surface area contributed by atoms with E-state index in [4.69, 9.17) is 0 Å². The minimum absolute atomic E-state index is 0.0439. The summed E-state index contributed by atoms with van der Waals surface area (Å²) in [6, 6.07) is 4.22. The van der Waals surface area contributed by atoms with Gasteiger partial charge in [0.15, 0.2) is 5.78 Å². The summed E-state index contributed by atoms with van der Waals surface area (Å²) in [5.41, 5.74) is 1.58. The maximum Gasteiger partial charge on any atom is 0.164 e. The van der Waals surface area contributed by atoms with Crippen molar-refractivity contribution in [1.29, 1.82) is 0 Å². The van der Waals surface area contributed by atoms with E-state index in [2.05, 4.69) is 6.58 Å². The van der Waals surface area contributed by atoms with Crippen LogP contribution >= 0.6 is 22.6 Å². The van der Waals surface area contributed by atoms with Gasteiger partial charge in [0.1, 0.15) is 5.82 Å². The fourth-order valence-corrected chi connectivity index (χ4v) is 1.96. The molecule has 0 aliphatic heterocycles. The van der Waals surface area contributed by atoms with Gasteiger partial charge in [0.25, 0.3) is 0 Å². The lowest BCUT2D eigenvalue weighted by atomic mass is 10.0. The number of allylic oxidation sites excluding steroid dienone is 1. The van der Waals surface area contributed by atoms with Gasteiger partial charge in [-0.25, -0.2) is 4.39 Å². The SMILES string of the molecule is C=C(C)CCC(=O)c1ccc(F)cc1I. The molecule has 0 N–H and O–H groups in total. The van der Waals surface area contributed by atoms with Crippen molar-refractivity contribution in [2.24, 2.45) is 0 Å². The van der Waals surface area contributed by atoms with Gasteiger partial charge in [-0.3, -0.25) is 4.79 Å². The first-order valence-electron chi connectivity index (χ1n) is 4.63. The van der Waals surface area contributed by atoms with Crippen molar-refractivity contribution in [3.05, 3.63) is 45.3 Å². The molecule has 0 unspecified atom stereocenters. The highest BCUT2D eigenvalue weighted by Crippen LogP contribution is 2.17. The number of rotatable bonds is 4. The average molecular weight is 318 g/mol. The summed E-state index contributed by atoms with van der Waals surface area (Å²) in [5, 5.41) is 0. The Kier molecular flexibility index (Phi) is 4.45. The Morgan fingerprint density at radius 3 is 2.67 bits per heavy atom. The van der Waals surface area contributed by atoms with E-state index in [1.54, 1.807) is 0 Å². The number of Topliss-reactive ketones (excluding diaryl/α,β-unsaturated/α-hetero) is 1. The maximum absolute atomic E-state index is 12.8. The summed E-state index contributed by atoms with van der Waals surface area (Å²) in [6.07, 6.45) is 1.13. The van der Waals surface area contributed by atoms with Crippen molar-refractivity contribution < 1.29 is 9.18 Å². The van der Waals surface area contributed by atoms with Crippen LogP contribution < -0.4 is 0 Å². The Morgan fingerprint density at radius 1 is 1.47 bits per heavy atom. The average Bonchev–Trinajstić information content (AvgIpc) is 2.14. The molecule has 1 rings (SSSR count). The highest BCUT2D eigenvalue weighted by molar-refractivity contribution is 14.1. The highest BCUT2D eigenvalue weighted by atomic mass is 127. The van der Waals surface area contributed by atoms with Crippen LogP contribution in [0.5, 0.6) is 0 Å². The highest BCUT2D eigenvalue weighted by Gasteiger charge is 2.10. The third kappa shape index (κ3) is 3.74. The van der Waals surface area contributed by atoms with Crippen molar-refractivity contribution in [2.75, 3.05) is 0 Å². The summed E-state index contributed by atoms with van der Waals surface area (Å²) in [7, 11) is 0. The molecule has 0 saturated heterocycles. The zero-order valence-corrected chi connectivity index (χ0v) is 10.7. The van der Waals surface area contributed by atoms with E-state index in [-0.39, 0.29) is 11.6 Å². The normalized spacial score (nSPS) is 10.1. The molecule has 0 bridgehead atoms. The molecule has 0 spiro atoms. The van der Waals surface area contributed by atoms with Crippen molar-refractivity contribution in [3.63, 3.8) is 0 Å². The standard InChI is InChI=1S/C12H12FIO/c1-8(2)3-6-12(15)10-5-4-9(13)7-11(10)14/h4-5,7H,1,3,6H2,2H3. The van der Waals surface area contributed by atoms with Crippen LogP contribution in [0.25, 0.3) is 0 Å². The molecule has 1 nitrogen and oxygen atoms in total. The number of ketones is 1. The molecule has 0 radical (unpaired) electrons. The molecule has 1 aromatic carbocycles. The van der Waals surface area contributed by atoms with Crippen molar-refractivity contribution in [2.45, 2.75) is 19.8 Å². The molecule has 0 aliphatic rings. The molecule has 0 aliphatic carbocycles. The van der Waals surface area contributed by atoms with Gasteiger partial charge in [-0.15, -0.1) is 6.58 Å². The number of carbonyl (C=O) groups excluding carboxylic acids is 1. The van der Waals surface area contributed by atoms with E-state index in [1.807, 2.05) is 29.5 Å². The summed E-state index contributed by atoms with van der Waals surface area (Å²) >= 11 is 1.98. The Morgan fingerprint density at radius 2 is 2.13 bits per heavy atom. The minimum Gasteiger partial charge on any atom is -0.294 e. The molecule has 1 aromatic rings. The van der Waals surface area contributed by atoms with Gasteiger partial charge in [0.05, 0.1) is 0 Å². The maximum atomic E-state index is 12.8. The number of benzene rings is 1. The Bertz CT molecular complexity index is 399. The van der Waals surface area contributed by atoms with Crippen LogP contribution in [0.1, 0.15) is 30.1 Å². The first kappa shape index (κ1) is 12.4. The Balaban J connectivity index is 2.78. The van der Waals surface area contributed by atoms with Gasteiger partial charge in [-0.1, -0.05) is 5.57 Å². The predicted octanol–water partition coefficient (Wildman–Crippen LogP) is 3.97. The third-order valence-electron chi connectivity index (χ3n) is 2.01. The summed E-state index contributed by atoms with van der Waals surface area (Å²) in [4.78, 5) is 11.7. The monoisotopic (exact) mass is 318 g/mol. The molecule has 0 saturated carbocycles. The molecule has 80 valence electrons. The topological polar surface area (TPSA) is 17.1 Å². The molecule has 3 heteroatoms. The molecule has 0 heterocycles. The first-order chi connectivity index (χ1) is 7.00. The van der Waals surface area contributed by atoms with Crippen LogP contribution in [0.2, 0.25) is 0 Å². The summed E-state index contributed by atoms with van der Waals surface area (Å²) in [5.74, 6) is -0.266. The Labute approximate surface area is 103 Å². The zero-order chi connectivity index (χ0) is 11.4. The van der Waals surface area contributed by atoms with Crippen molar-refractivity contribution in [3.8, 4) is 0 Å². The molecule has 0 fully saturated rings. The van der Waals surface area contributed by atoms with E-state index in [0.717, 1.165) is 5.57 Å². The van der Waals surface area contributed by atoms with Crippen LogP contribution in [0.3, 0.4) is 0 Å². The van der Waals surface area contributed by atoms with Crippen LogP contribution in [0.15, 0.2) is 30.4 Å².